The lowest BCUT2D eigenvalue weighted by atomic mass is 9.90. The maximum absolute atomic E-state index is 13.7. The van der Waals surface area contributed by atoms with E-state index in [0.29, 0.717) is 13.1 Å². The third-order valence-corrected chi connectivity index (χ3v) is 6.40. The van der Waals surface area contributed by atoms with Crippen LogP contribution in [-0.4, -0.2) is 73.3 Å². The zero-order valence-corrected chi connectivity index (χ0v) is 18.7. The Morgan fingerprint density at radius 3 is 1.79 bits per heavy atom. The molecule has 2 aromatic carbocycles. The minimum Gasteiger partial charge on any atom is -0.378 e. The van der Waals surface area contributed by atoms with Gasteiger partial charge in [-0.2, -0.15) is 0 Å². The van der Waals surface area contributed by atoms with E-state index in [2.05, 4.69) is 25.8 Å². The Hall–Kier alpha value is -3.45. The molecule has 3 aromatic rings. The van der Waals surface area contributed by atoms with Gasteiger partial charge >= 0.3 is 0 Å². The Kier molecular flexibility index (Phi) is 6.48. The lowest BCUT2D eigenvalue weighted by Crippen LogP contribution is -2.50. The number of amides is 1. The Morgan fingerprint density at radius 1 is 0.727 bits per heavy atom. The number of morpholine rings is 1. The van der Waals surface area contributed by atoms with Gasteiger partial charge in [0.1, 0.15) is 18.0 Å². The van der Waals surface area contributed by atoms with Crippen LogP contribution in [0.5, 0.6) is 0 Å². The van der Waals surface area contributed by atoms with Crippen molar-refractivity contribution in [3.63, 3.8) is 0 Å². The van der Waals surface area contributed by atoms with Crippen LogP contribution < -0.4 is 9.80 Å². The molecule has 0 N–H and O–H groups in total. The molecule has 5 rings (SSSR count). The van der Waals surface area contributed by atoms with Crippen molar-refractivity contribution < 1.29 is 9.53 Å². The molecule has 0 radical (unpaired) electrons. The molecule has 0 atom stereocenters. The summed E-state index contributed by atoms with van der Waals surface area (Å²) >= 11 is 0. The summed E-state index contributed by atoms with van der Waals surface area (Å²) in [6, 6.07) is 22.2. The van der Waals surface area contributed by atoms with Gasteiger partial charge in [0.15, 0.2) is 0 Å². The summed E-state index contributed by atoms with van der Waals surface area (Å²) in [6.45, 7) is 5.99. The van der Waals surface area contributed by atoms with E-state index in [1.54, 1.807) is 6.33 Å². The monoisotopic (exact) mass is 443 g/mol. The van der Waals surface area contributed by atoms with E-state index in [1.165, 1.54) is 0 Å². The third-order valence-electron chi connectivity index (χ3n) is 6.40. The second-order valence-corrected chi connectivity index (χ2v) is 8.40. The summed E-state index contributed by atoms with van der Waals surface area (Å²) in [5.41, 5.74) is 2.06. The average Bonchev–Trinajstić information content (AvgIpc) is 2.91. The number of benzene rings is 2. The lowest BCUT2D eigenvalue weighted by Gasteiger charge is -2.37. The molecule has 2 aliphatic rings. The van der Waals surface area contributed by atoms with Crippen LogP contribution in [0.1, 0.15) is 17.0 Å². The summed E-state index contributed by atoms with van der Waals surface area (Å²) in [6.07, 6.45) is 1.64. The lowest BCUT2D eigenvalue weighted by molar-refractivity contribution is -0.132. The van der Waals surface area contributed by atoms with E-state index in [4.69, 9.17) is 4.74 Å². The highest BCUT2D eigenvalue weighted by molar-refractivity contribution is 5.87. The number of rotatable bonds is 5. The number of ether oxygens (including phenoxy) is 1. The van der Waals surface area contributed by atoms with E-state index < -0.39 is 0 Å². The normalized spacial score (nSPS) is 16.8. The summed E-state index contributed by atoms with van der Waals surface area (Å²) < 4.78 is 5.45. The van der Waals surface area contributed by atoms with Gasteiger partial charge in [0.2, 0.25) is 5.91 Å². The zero-order chi connectivity index (χ0) is 22.5. The van der Waals surface area contributed by atoms with E-state index in [0.717, 1.165) is 62.2 Å². The molecule has 1 amide bonds. The number of anilines is 2. The van der Waals surface area contributed by atoms with Gasteiger partial charge in [0.25, 0.3) is 0 Å². The van der Waals surface area contributed by atoms with Crippen molar-refractivity contribution in [3.05, 3.63) is 84.2 Å². The second-order valence-electron chi connectivity index (χ2n) is 8.40. The number of carbonyl (C=O) groups is 1. The highest BCUT2D eigenvalue weighted by atomic mass is 16.5. The van der Waals surface area contributed by atoms with Crippen molar-refractivity contribution in [1.82, 2.24) is 14.9 Å². The fourth-order valence-corrected chi connectivity index (χ4v) is 4.58. The number of hydrogen-bond acceptors (Lipinski definition) is 6. The third kappa shape index (κ3) is 4.83. The molecule has 1 aromatic heterocycles. The minimum absolute atomic E-state index is 0.156. The molecule has 0 saturated carbocycles. The van der Waals surface area contributed by atoms with E-state index in [9.17, 15) is 4.79 Å². The van der Waals surface area contributed by atoms with Gasteiger partial charge in [-0.25, -0.2) is 9.97 Å². The predicted molar refractivity (Wildman–Crippen MR) is 129 cm³/mol. The van der Waals surface area contributed by atoms with Crippen LogP contribution in [0.15, 0.2) is 73.1 Å². The van der Waals surface area contributed by atoms with Gasteiger partial charge in [-0.3, -0.25) is 4.79 Å². The molecule has 3 heterocycles. The fraction of sp³-hybridized carbons (Fsp3) is 0.346. The Bertz CT molecular complexity index is 1010. The average molecular weight is 444 g/mol. The number of nitrogens with zero attached hydrogens (tertiary/aromatic N) is 5. The van der Waals surface area contributed by atoms with E-state index in [-0.39, 0.29) is 11.8 Å². The fourth-order valence-electron chi connectivity index (χ4n) is 4.58. The first-order chi connectivity index (χ1) is 16.3. The van der Waals surface area contributed by atoms with Gasteiger partial charge in [-0.05, 0) is 11.1 Å². The molecule has 7 nitrogen and oxygen atoms in total. The summed E-state index contributed by atoms with van der Waals surface area (Å²) in [5, 5.41) is 0. The van der Waals surface area contributed by atoms with Crippen molar-refractivity contribution >= 4 is 17.5 Å². The van der Waals surface area contributed by atoms with Crippen LogP contribution in [0.2, 0.25) is 0 Å². The molecule has 33 heavy (non-hydrogen) atoms. The standard InChI is InChI=1S/C26H29N5O2/c32-26(25(21-7-3-1-4-8-21)22-9-5-2-6-10-22)31-13-11-29(12-14-31)23-19-24(28-20-27-23)30-15-17-33-18-16-30/h1-10,19-20,25H,11-18H2. The van der Waals surface area contributed by atoms with E-state index >= 15 is 0 Å². The SMILES string of the molecule is O=C(C(c1ccccc1)c1ccccc1)N1CCN(c2cc(N3CCOCC3)ncn2)CC1. The van der Waals surface area contributed by atoms with Crippen molar-refractivity contribution in [2.45, 2.75) is 5.92 Å². The Balaban J connectivity index is 1.29. The molecule has 0 unspecified atom stereocenters. The van der Waals surface area contributed by atoms with Crippen molar-refractivity contribution in [3.8, 4) is 0 Å². The molecular formula is C26H29N5O2. The van der Waals surface area contributed by atoms with Crippen molar-refractivity contribution in [1.29, 1.82) is 0 Å². The topological polar surface area (TPSA) is 61.8 Å². The molecular weight excluding hydrogens is 414 g/mol. The van der Waals surface area contributed by atoms with E-state index in [1.807, 2.05) is 65.6 Å². The maximum atomic E-state index is 13.7. The van der Waals surface area contributed by atoms with Gasteiger partial charge in [-0.1, -0.05) is 60.7 Å². The highest BCUT2D eigenvalue weighted by Gasteiger charge is 2.30. The van der Waals surface area contributed by atoms with Crippen molar-refractivity contribution in [2.75, 3.05) is 62.3 Å². The van der Waals surface area contributed by atoms with Crippen LogP contribution in [-0.2, 0) is 9.53 Å². The Labute approximate surface area is 194 Å². The first-order valence-electron chi connectivity index (χ1n) is 11.6. The first-order valence-corrected chi connectivity index (χ1v) is 11.6. The molecule has 2 saturated heterocycles. The quantitative estimate of drug-likeness (QED) is 0.604. The molecule has 0 bridgehead atoms. The van der Waals surface area contributed by atoms with Crippen LogP contribution in [0.4, 0.5) is 11.6 Å². The van der Waals surface area contributed by atoms with Crippen LogP contribution in [0.25, 0.3) is 0 Å². The number of aromatic nitrogens is 2. The molecule has 0 aliphatic carbocycles. The largest absolute Gasteiger partial charge is 0.378 e. The predicted octanol–water partition coefficient (Wildman–Crippen LogP) is 2.79. The summed E-state index contributed by atoms with van der Waals surface area (Å²) in [5.74, 6) is 1.73. The van der Waals surface area contributed by atoms with Crippen molar-refractivity contribution in [2.24, 2.45) is 0 Å². The second kappa shape index (κ2) is 10.0. The van der Waals surface area contributed by atoms with Gasteiger partial charge in [-0.15, -0.1) is 0 Å². The summed E-state index contributed by atoms with van der Waals surface area (Å²) in [7, 11) is 0. The molecule has 0 spiro atoms. The van der Waals surface area contributed by atoms with Gasteiger partial charge in [0.05, 0.1) is 19.1 Å². The summed E-state index contributed by atoms with van der Waals surface area (Å²) in [4.78, 5) is 29.1. The highest BCUT2D eigenvalue weighted by Crippen LogP contribution is 2.28. The number of carbonyl (C=O) groups excluding carboxylic acids is 1. The van der Waals surface area contributed by atoms with Gasteiger partial charge in [0, 0.05) is 45.3 Å². The smallest absolute Gasteiger partial charge is 0.234 e. The molecule has 7 heteroatoms. The van der Waals surface area contributed by atoms with Crippen LogP contribution in [0, 0.1) is 0 Å². The van der Waals surface area contributed by atoms with Gasteiger partial charge < -0.3 is 19.4 Å². The zero-order valence-electron chi connectivity index (χ0n) is 18.7. The molecule has 2 fully saturated rings. The van der Waals surface area contributed by atoms with Crippen LogP contribution in [0.3, 0.4) is 0 Å². The maximum Gasteiger partial charge on any atom is 0.234 e. The van der Waals surface area contributed by atoms with Crippen LogP contribution >= 0.6 is 0 Å². The first kappa shape index (κ1) is 21.4. The Morgan fingerprint density at radius 2 is 1.24 bits per heavy atom. The minimum atomic E-state index is -0.286. The molecule has 170 valence electrons. The molecule has 2 aliphatic heterocycles. The number of hydrogen-bond donors (Lipinski definition) is 0. The number of piperazine rings is 1.